The lowest BCUT2D eigenvalue weighted by molar-refractivity contribution is 0.835. The first kappa shape index (κ1) is 8.83. The van der Waals surface area contributed by atoms with Crippen LogP contribution in [0.25, 0.3) is 5.78 Å². The van der Waals surface area contributed by atoms with E-state index in [4.69, 9.17) is 0 Å². The summed E-state index contributed by atoms with van der Waals surface area (Å²) in [5.41, 5.74) is 0.984. The highest BCUT2D eigenvalue weighted by Gasteiger charge is 2.03. The number of rotatable bonds is 2. The van der Waals surface area contributed by atoms with Gasteiger partial charge < -0.3 is 0 Å². The van der Waals surface area contributed by atoms with Crippen LogP contribution >= 0.6 is 24.4 Å². The fraction of sp³-hybridized carbons (Fsp3) is 0.286. The van der Waals surface area contributed by atoms with Gasteiger partial charge in [-0.2, -0.15) is 26.4 Å². The molecule has 0 aliphatic carbocycles. The molecule has 0 saturated carbocycles. The van der Waals surface area contributed by atoms with E-state index in [0.29, 0.717) is 5.78 Å². The van der Waals surface area contributed by atoms with Crippen LogP contribution in [0.3, 0.4) is 0 Å². The largest absolute Gasteiger partial charge is 0.253 e. The summed E-state index contributed by atoms with van der Waals surface area (Å²) >= 11 is 6.01. The summed E-state index contributed by atoms with van der Waals surface area (Å²) < 4.78 is 1.60. The third-order valence-corrected chi connectivity index (χ3v) is 2.48. The molecular weight excluding hydrogens is 204 g/mol. The molecule has 0 N–H and O–H groups in total. The SMILES string of the molecule is CSCc1cc(S)n2ncnc2n1. The van der Waals surface area contributed by atoms with E-state index in [1.54, 1.807) is 16.3 Å². The molecule has 0 unspecified atom stereocenters. The quantitative estimate of drug-likeness (QED) is 0.601. The van der Waals surface area contributed by atoms with Gasteiger partial charge in [-0.3, -0.25) is 0 Å². The summed E-state index contributed by atoms with van der Waals surface area (Å²) in [4.78, 5) is 8.31. The molecule has 13 heavy (non-hydrogen) atoms. The van der Waals surface area contributed by atoms with E-state index in [-0.39, 0.29) is 0 Å². The fourth-order valence-electron chi connectivity index (χ4n) is 1.07. The minimum atomic E-state index is 0.608. The molecule has 0 saturated heterocycles. The minimum absolute atomic E-state index is 0.608. The van der Waals surface area contributed by atoms with Crippen LogP contribution in [0.5, 0.6) is 0 Å². The number of nitrogens with zero attached hydrogens (tertiary/aromatic N) is 4. The van der Waals surface area contributed by atoms with Crippen LogP contribution in [0.15, 0.2) is 17.4 Å². The third kappa shape index (κ3) is 1.64. The van der Waals surface area contributed by atoms with Crippen LogP contribution < -0.4 is 0 Å². The molecule has 0 amide bonds. The molecule has 0 atom stereocenters. The van der Waals surface area contributed by atoms with Crippen molar-refractivity contribution >= 4 is 30.2 Å². The molecular formula is C7H8N4S2. The zero-order valence-corrected chi connectivity index (χ0v) is 8.72. The molecule has 2 rings (SSSR count). The predicted molar refractivity (Wildman–Crippen MR) is 55.3 cm³/mol. The van der Waals surface area contributed by atoms with E-state index >= 15 is 0 Å². The lowest BCUT2D eigenvalue weighted by Crippen LogP contribution is -1.97. The van der Waals surface area contributed by atoms with Gasteiger partial charge in [-0.05, 0) is 12.3 Å². The summed E-state index contributed by atoms with van der Waals surface area (Å²) in [7, 11) is 0. The van der Waals surface area contributed by atoms with Crippen molar-refractivity contribution in [2.24, 2.45) is 0 Å². The van der Waals surface area contributed by atoms with Gasteiger partial charge in [0.15, 0.2) is 0 Å². The van der Waals surface area contributed by atoms with Gasteiger partial charge in [0.25, 0.3) is 5.78 Å². The molecule has 2 aromatic rings. The molecule has 0 radical (unpaired) electrons. The average molecular weight is 212 g/mol. The Bertz CT molecular complexity index is 425. The Labute approximate surface area is 85.2 Å². The van der Waals surface area contributed by atoms with E-state index < -0.39 is 0 Å². The van der Waals surface area contributed by atoms with Gasteiger partial charge in [-0.15, -0.1) is 12.6 Å². The van der Waals surface area contributed by atoms with Crippen LogP contribution in [0, 0.1) is 0 Å². The summed E-state index contributed by atoms with van der Waals surface area (Å²) in [6.45, 7) is 0. The predicted octanol–water partition coefficient (Wildman–Crippen LogP) is 1.28. The van der Waals surface area contributed by atoms with Crippen molar-refractivity contribution in [1.82, 2.24) is 19.6 Å². The second kappa shape index (κ2) is 3.55. The van der Waals surface area contributed by atoms with Crippen LogP contribution in [0.2, 0.25) is 0 Å². The molecule has 0 fully saturated rings. The topological polar surface area (TPSA) is 43.1 Å². The maximum absolute atomic E-state index is 4.31. The van der Waals surface area contributed by atoms with Crippen molar-refractivity contribution in [2.45, 2.75) is 10.8 Å². The van der Waals surface area contributed by atoms with Crippen molar-refractivity contribution in [1.29, 1.82) is 0 Å². The standard InChI is InChI=1S/C7H8N4S2/c1-13-3-5-2-6(12)11-7(10-5)8-4-9-11/h2,4,12H,3H2,1H3. The van der Waals surface area contributed by atoms with Gasteiger partial charge in [0.05, 0.1) is 5.69 Å². The van der Waals surface area contributed by atoms with Crippen molar-refractivity contribution in [3.8, 4) is 0 Å². The number of thiol groups is 1. The van der Waals surface area contributed by atoms with Gasteiger partial charge in [-0.1, -0.05) is 0 Å². The Morgan fingerprint density at radius 2 is 2.46 bits per heavy atom. The zero-order valence-electron chi connectivity index (χ0n) is 7.01. The maximum Gasteiger partial charge on any atom is 0.253 e. The third-order valence-electron chi connectivity index (χ3n) is 1.58. The van der Waals surface area contributed by atoms with Gasteiger partial charge in [0, 0.05) is 5.75 Å². The zero-order chi connectivity index (χ0) is 9.26. The molecule has 68 valence electrons. The van der Waals surface area contributed by atoms with Crippen molar-refractivity contribution < 1.29 is 0 Å². The fourth-order valence-corrected chi connectivity index (χ4v) is 1.80. The monoisotopic (exact) mass is 212 g/mol. The molecule has 0 aromatic carbocycles. The summed E-state index contributed by atoms with van der Waals surface area (Å²) in [5, 5.41) is 4.75. The van der Waals surface area contributed by atoms with E-state index in [1.165, 1.54) is 6.33 Å². The first-order valence-electron chi connectivity index (χ1n) is 3.69. The second-order valence-electron chi connectivity index (χ2n) is 2.51. The highest BCUT2D eigenvalue weighted by molar-refractivity contribution is 7.97. The van der Waals surface area contributed by atoms with Crippen molar-refractivity contribution in [2.75, 3.05) is 6.26 Å². The highest BCUT2D eigenvalue weighted by atomic mass is 32.2. The van der Waals surface area contributed by atoms with E-state index in [0.717, 1.165) is 16.5 Å². The summed E-state index contributed by atoms with van der Waals surface area (Å²) in [6.07, 6.45) is 3.51. The Kier molecular flexibility index (Phi) is 2.41. The second-order valence-corrected chi connectivity index (χ2v) is 3.83. The number of fused-ring (bicyclic) bond motifs is 1. The van der Waals surface area contributed by atoms with Crippen molar-refractivity contribution in [3.63, 3.8) is 0 Å². The van der Waals surface area contributed by atoms with Crippen LogP contribution in [-0.4, -0.2) is 25.8 Å². The van der Waals surface area contributed by atoms with Gasteiger partial charge in [0.1, 0.15) is 11.4 Å². The van der Waals surface area contributed by atoms with E-state index in [2.05, 4.69) is 27.7 Å². The lowest BCUT2D eigenvalue weighted by Gasteiger charge is -2.00. The summed E-state index contributed by atoms with van der Waals surface area (Å²) in [6, 6.07) is 1.90. The average Bonchev–Trinajstić information content (AvgIpc) is 2.53. The maximum atomic E-state index is 4.31. The lowest BCUT2D eigenvalue weighted by atomic mass is 10.4. The normalized spacial score (nSPS) is 10.9. The smallest absolute Gasteiger partial charge is 0.215 e. The Balaban J connectivity index is 2.56. The molecule has 0 spiro atoms. The summed E-state index contributed by atoms with van der Waals surface area (Å²) in [5.74, 6) is 1.48. The molecule has 0 aliphatic rings. The molecule has 0 aliphatic heterocycles. The number of hydrogen-bond acceptors (Lipinski definition) is 5. The van der Waals surface area contributed by atoms with Crippen LogP contribution in [0.4, 0.5) is 0 Å². The van der Waals surface area contributed by atoms with E-state index in [9.17, 15) is 0 Å². The van der Waals surface area contributed by atoms with Gasteiger partial charge in [0.2, 0.25) is 0 Å². The minimum Gasteiger partial charge on any atom is -0.215 e. The molecule has 2 heterocycles. The molecule has 2 aromatic heterocycles. The number of hydrogen-bond donors (Lipinski definition) is 1. The molecule has 0 bridgehead atoms. The first-order chi connectivity index (χ1) is 6.31. The Morgan fingerprint density at radius 3 is 3.23 bits per heavy atom. The van der Waals surface area contributed by atoms with Gasteiger partial charge >= 0.3 is 0 Å². The number of thioether (sulfide) groups is 1. The van der Waals surface area contributed by atoms with E-state index in [1.807, 2.05) is 12.3 Å². The molecule has 6 heteroatoms. The number of aromatic nitrogens is 4. The van der Waals surface area contributed by atoms with Crippen molar-refractivity contribution in [3.05, 3.63) is 18.1 Å². The first-order valence-corrected chi connectivity index (χ1v) is 5.53. The van der Waals surface area contributed by atoms with Crippen LogP contribution in [0.1, 0.15) is 5.69 Å². The molecule has 4 nitrogen and oxygen atoms in total. The highest BCUT2D eigenvalue weighted by Crippen LogP contribution is 2.12. The van der Waals surface area contributed by atoms with Gasteiger partial charge in [-0.25, -0.2) is 4.98 Å². The Morgan fingerprint density at radius 1 is 1.62 bits per heavy atom. The Hall–Kier alpha value is -0.750. The van der Waals surface area contributed by atoms with Crippen LogP contribution in [-0.2, 0) is 5.75 Å².